The molecule has 6 nitrogen and oxygen atoms in total. The molecule has 2 aromatic carbocycles. The number of nitrogens with zero attached hydrogens (tertiary/aromatic N) is 3. The number of para-hydroxylation sites is 1. The predicted molar refractivity (Wildman–Crippen MR) is 111 cm³/mol. The van der Waals surface area contributed by atoms with Gasteiger partial charge >= 0.3 is 0 Å². The largest absolute Gasteiger partial charge is 0.368 e. The van der Waals surface area contributed by atoms with E-state index < -0.39 is 10.0 Å². The molecule has 1 fully saturated rings. The van der Waals surface area contributed by atoms with Crippen LogP contribution in [0.3, 0.4) is 0 Å². The molecule has 2 aromatic rings. The van der Waals surface area contributed by atoms with Crippen LogP contribution in [0.1, 0.15) is 24.2 Å². The molecule has 0 saturated carbocycles. The van der Waals surface area contributed by atoms with Crippen molar-refractivity contribution >= 4 is 21.6 Å². The molecular formula is C21H27N3O3S. The van der Waals surface area contributed by atoms with Crippen LogP contribution in [0, 0.1) is 0 Å². The van der Waals surface area contributed by atoms with E-state index in [0.29, 0.717) is 31.7 Å². The SMILES string of the molecule is CCN(CC)S(=O)(=O)c1ccc(C(=O)N2CCN(c3ccccc3)CC2)cc1. The zero-order chi connectivity index (χ0) is 20.1. The lowest BCUT2D eigenvalue weighted by molar-refractivity contribution is 0.0746. The molecule has 7 heteroatoms. The minimum atomic E-state index is -3.50. The van der Waals surface area contributed by atoms with Crippen LogP contribution in [0.25, 0.3) is 0 Å². The summed E-state index contributed by atoms with van der Waals surface area (Å²) in [4.78, 5) is 17.1. The van der Waals surface area contributed by atoms with E-state index >= 15 is 0 Å². The summed E-state index contributed by atoms with van der Waals surface area (Å²) < 4.78 is 26.6. The molecule has 0 N–H and O–H groups in total. The molecule has 0 unspecified atom stereocenters. The van der Waals surface area contributed by atoms with Gasteiger partial charge in [0, 0.05) is 50.5 Å². The monoisotopic (exact) mass is 401 g/mol. The highest BCUT2D eigenvalue weighted by molar-refractivity contribution is 7.89. The number of anilines is 1. The Morgan fingerprint density at radius 2 is 1.46 bits per heavy atom. The van der Waals surface area contributed by atoms with Crippen molar-refractivity contribution in [2.45, 2.75) is 18.7 Å². The van der Waals surface area contributed by atoms with E-state index in [4.69, 9.17) is 0 Å². The second kappa shape index (κ2) is 8.75. The maximum absolute atomic E-state index is 12.8. The fourth-order valence-electron chi connectivity index (χ4n) is 3.47. The number of carbonyl (C=O) groups is 1. The molecule has 0 atom stereocenters. The van der Waals surface area contributed by atoms with Gasteiger partial charge in [-0.15, -0.1) is 0 Å². The van der Waals surface area contributed by atoms with E-state index in [-0.39, 0.29) is 10.8 Å². The summed E-state index contributed by atoms with van der Waals surface area (Å²) in [6.45, 7) is 7.33. The van der Waals surface area contributed by atoms with Gasteiger partial charge in [0.25, 0.3) is 5.91 Å². The molecule has 150 valence electrons. The van der Waals surface area contributed by atoms with Gasteiger partial charge in [0.05, 0.1) is 4.90 Å². The van der Waals surface area contributed by atoms with Crippen LogP contribution in [-0.4, -0.2) is 62.8 Å². The Bertz CT molecular complexity index is 886. The van der Waals surface area contributed by atoms with Gasteiger partial charge in [-0.05, 0) is 36.4 Å². The van der Waals surface area contributed by atoms with Gasteiger partial charge in [-0.1, -0.05) is 32.0 Å². The molecule has 0 bridgehead atoms. The van der Waals surface area contributed by atoms with Crippen LogP contribution < -0.4 is 4.90 Å². The van der Waals surface area contributed by atoms with E-state index in [9.17, 15) is 13.2 Å². The second-order valence-electron chi connectivity index (χ2n) is 6.73. The highest BCUT2D eigenvalue weighted by atomic mass is 32.2. The highest BCUT2D eigenvalue weighted by Crippen LogP contribution is 2.19. The summed E-state index contributed by atoms with van der Waals surface area (Å²) in [7, 11) is -3.50. The van der Waals surface area contributed by atoms with E-state index in [2.05, 4.69) is 17.0 Å². The number of piperazine rings is 1. The first-order chi connectivity index (χ1) is 13.5. The first-order valence-corrected chi connectivity index (χ1v) is 11.1. The summed E-state index contributed by atoms with van der Waals surface area (Å²) in [5, 5.41) is 0. The first-order valence-electron chi connectivity index (χ1n) is 9.67. The Hall–Kier alpha value is -2.38. The third-order valence-corrected chi connectivity index (χ3v) is 7.20. The van der Waals surface area contributed by atoms with E-state index in [0.717, 1.165) is 13.1 Å². The normalized spacial score (nSPS) is 15.1. The molecule has 1 aliphatic heterocycles. The molecule has 1 saturated heterocycles. The van der Waals surface area contributed by atoms with Gasteiger partial charge in [0.15, 0.2) is 0 Å². The lowest BCUT2D eigenvalue weighted by Gasteiger charge is -2.36. The summed E-state index contributed by atoms with van der Waals surface area (Å²) in [6.07, 6.45) is 0. The molecule has 1 amide bonds. The summed E-state index contributed by atoms with van der Waals surface area (Å²) in [6, 6.07) is 16.5. The smallest absolute Gasteiger partial charge is 0.253 e. The van der Waals surface area contributed by atoms with Gasteiger partial charge in [-0.2, -0.15) is 4.31 Å². The number of hydrogen-bond donors (Lipinski definition) is 0. The molecular weight excluding hydrogens is 374 g/mol. The van der Waals surface area contributed by atoms with Crippen LogP contribution in [0.5, 0.6) is 0 Å². The van der Waals surface area contributed by atoms with Gasteiger partial charge < -0.3 is 9.80 Å². The summed E-state index contributed by atoms with van der Waals surface area (Å²) in [5.74, 6) is -0.0560. The summed E-state index contributed by atoms with van der Waals surface area (Å²) >= 11 is 0. The van der Waals surface area contributed by atoms with Crippen LogP contribution in [0.4, 0.5) is 5.69 Å². The Morgan fingerprint density at radius 1 is 0.893 bits per heavy atom. The number of sulfonamides is 1. The lowest BCUT2D eigenvalue weighted by Crippen LogP contribution is -2.48. The minimum absolute atomic E-state index is 0.0560. The Morgan fingerprint density at radius 3 is 2.00 bits per heavy atom. The van der Waals surface area contributed by atoms with E-state index in [1.165, 1.54) is 22.1 Å². The third kappa shape index (κ3) is 4.20. The number of hydrogen-bond acceptors (Lipinski definition) is 4. The number of carbonyl (C=O) groups excluding carboxylic acids is 1. The van der Waals surface area contributed by atoms with Gasteiger partial charge in [0.1, 0.15) is 0 Å². The van der Waals surface area contributed by atoms with Gasteiger partial charge in [0.2, 0.25) is 10.0 Å². The maximum Gasteiger partial charge on any atom is 0.253 e. The quantitative estimate of drug-likeness (QED) is 0.747. The van der Waals surface area contributed by atoms with Crippen LogP contribution in [0.15, 0.2) is 59.5 Å². The molecule has 1 heterocycles. The van der Waals surface area contributed by atoms with E-state index in [1.54, 1.807) is 12.1 Å². The Balaban J connectivity index is 1.66. The topological polar surface area (TPSA) is 60.9 Å². The number of benzene rings is 2. The van der Waals surface area contributed by atoms with Crippen molar-refractivity contribution < 1.29 is 13.2 Å². The maximum atomic E-state index is 12.8. The fourth-order valence-corrected chi connectivity index (χ4v) is 4.93. The van der Waals surface area contributed by atoms with Crippen molar-refractivity contribution in [2.24, 2.45) is 0 Å². The molecule has 28 heavy (non-hydrogen) atoms. The Kier molecular flexibility index (Phi) is 6.36. The standard InChI is InChI=1S/C21H27N3O3S/c1-3-24(4-2)28(26,27)20-12-10-18(11-13-20)21(25)23-16-14-22(15-17-23)19-8-6-5-7-9-19/h5-13H,3-4,14-17H2,1-2H3. The molecule has 0 radical (unpaired) electrons. The Labute approximate surface area is 167 Å². The average Bonchev–Trinajstić information content (AvgIpc) is 2.75. The highest BCUT2D eigenvalue weighted by Gasteiger charge is 2.24. The first kappa shape index (κ1) is 20.4. The van der Waals surface area contributed by atoms with Crippen molar-refractivity contribution in [1.82, 2.24) is 9.21 Å². The van der Waals surface area contributed by atoms with Gasteiger partial charge in [-0.3, -0.25) is 4.79 Å². The van der Waals surface area contributed by atoms with Crippen molar-refractivity contribution in [1.29, 1.82) is 0 Å². The van der Waals surface area contributed by atoms with Crippen LogP contribution >= 0.6 is 0 Å². The molecule has 0 spiro atoms. The predicted octanol–water partition coefficient (Wildman–Crippen LogP) is 2.68. The fraction of sp³-hybridized carbons (Fsp3) is 0.381. The van der Waals surface area contributed by atoms with Crippen molar-refractivity contribution in [3.8, 4) is 0 Å². The second-order valence-corrected chi connectivity index (χ2v) is 8.67. The number of rotatable bonds is 6. The zero-order valence-corrected chi connectivity index (χ0v) is 17.2. The molecule has 1 aliphatic rings. The zero-order valence-electron chi connectivity index (χ0n) is 16.4. The lowest BCUT2D eigenvalue weighted by atomic mass is 10.1. The summed E-state index contributed by atoms with van der Waals surface area (Å²) in [5.41, 5.74) is 1.69. The van der Waals surface area contributed by atoms with Crippen LogP contribution in [-0.2, 0) is 10.0 Å². The third-order valence-electron chi connectivity index (χ3n) is 5.13. The molecule has 0 aromatic heterocycles. The van der Waals surface area contributed by atoms with Crippen molar-refractivity contribution in [3.63, 3.8) is 0 Å². The number of amides is 1. The average molecular weight is 402 g/mol. The molecule has 3 rings (SSSR count). The van der Waals surface area contributed by atoms with Gasteiger partial charge in [-0.25, -0.2) is 8.42 Å². The van der Waals surface area contributed by atoms with Crippen LogP contribution in [0.2, 0.25) is 0 Å². The van der Waals surface area contributed by atoms with E-state index in [1.807, 2.05) is 36.9 Å². The molecule has 0 aliphatic carbocycles. The van der Waals surface area contributed by atoms with Crippen molar-refractivity contribution in [3.05, 3.63) is 60.2 Å². The minimum Gasteiger partial charge on any atom is -0.368 e. The van der Waals surface area contributed by atoms with Crippen molar-refractivity contribution in [2.75, 3.05) is 44.2 Å².